The van der Waals surface area contributed by atoms with Gasteiger partial charge >= 0.3 is 5.97 Å². The maximum absolute atomic E-state index is 10.4. The molecule has 0 unspecified atom stereocenters. The molecule has 0 fully saturated rings. The van der Waals surface area contributed by atoms with Crippen LogP contribution in [0.5, 0.6) is 0 Å². The number of hydrogen-bond donors (Lipinski definition) is 3. The van der Waals surface area contributed by atoms with Gasteiger partial charge in [-0.15, -0.1) is 12.1 Å². The highest BCUT2D eigenvalue weighted by molar-refractivity contribution is 5.66. The molecule has 0 aliphatic carbocycles. The van der Waals surface area contributed by atoms with Gasteiger partial charge in [0.25, 0.3) is 0 Å². The third-order valence-corrected chi connectivity index (χ3v) is 3.18. The Kier molecular flexibility index (Phi) is 6.00. The quantitative estimate of drug-likeness (QED) is 0.474. The van der Waals surface area contributed by atoms with Gasteiger partial charge in [-0.1, -0.05) is 24.3 Å². The Hall–Kier alpha value is -2.31. The summed E-state index contributed by atoms with van der Waals surface area (Å²) in [6, 6.07) is 8.17. The van der Waals surface area contributed by atoms with Gasteiger partial charge in [0.2, 0.25) is 0 Å². The highest BCUT2D eigenvalue weighted by atomic mass is 16.5. The molecule has 1 heterocycles. The second-order valence-corrected chi connectivity index (χ2v) is 4.93. The van der Waals surface area contributed by atoms with Crippen molar-refractivity contribution in [2.45, 2.75) is 12.8 Å². The number of hydrogen-bond acceptors (Lipinski definition) is 5. The SMILES string of the molecule is C=CCN1C=C(c2cccc(CCOCCC(=O)O)c2)NN1. The molecule has 1 aromatic rings. The Morgan fingerprint density at radius 1 is 1.41 bits per heavy atom. The molecule has 3 N–H and O–H groups in total. The van der Waals surface area contributed by atoms with Crippen molar-refractivity contribution in [3.05, 3.63) is 54.2 Å². The lowest BCUT2D eigenvalue weighted by Crippen LogP contribution is -2.36. The second kappa shape index (κ2) is 8.21. The molecule has 0 spiro atoms. The van der Waals surface area contributed by atoms with Crippen LogP contribution in [0.2, 0.25) is 0 Å². The molecule has 1 aromatic carbocycles. The summed E-state index contributed by atoms with van der Waals surface area (Å²) >= 11 is 0. The van der Waals surface area contributed by atoms with Crippen LogP contribution in [0.1, 0.15) is 17.5 Å². The molecule has 2 rings (SSSR count). The largest absolute Gasteiger partial charge is 0.481 e. The summed E-state index contributed by atoms with van der Waals surface area (Å²) in [5.41, 5.74) is 9.38. The highest BCUT2D eigenvalue weighted by Gasteiger charge is 2.11. The zero-order valence-corrected chi connectivity index (χ0v) is 12.4. The second-order valence-electron chi connectivity index (χ2n) is 4.93. The average molecular weight is 303 g/mol. The summed E-state index contributed by atoms with van der Waals surface area (Å²) in [7, 11) is 0. The zero-order valence-electron chi connectivity index (χ0n) is 12.4. The number of carboxylic acid groups (broad SMARTS) is 1. The van der Waals surface area contributed by atoms with E-state index < -0.39 is 5.97 Å². The summed E-state index contributed by atoms with van der Waals surface area (Å²) in [6.45, 7) is 5.19. The van der Waals surface area contributed by atoms with Crippen LogP contribution >= 0.6 is 0 Å². The molecule has 118 valence electrons. The molecule has 0 radical (unpaired) electrons. The zero-order chi connectivity index (χ0) is 15.8. The molecule has 0 saturated heterocycles. The summed E-state index contributed by atoms with van der Waals surface area (Å²) in [6.07, 6.45) is 4.61. The minimum Gasteiger partial charge on any atom is -0.481 e. The maximum atomic E-state index is 10.4. The third-order valence-electron chi connectivity index (χ3n) is 3.18. The number of rotatable bonds is 9. The van der Waals surface area contributed by atoms with E-state index in [0.29, 0.717) is 13.2 Å². The third kappa shape index (κ3) is 4.91. The Balaban J connectivity index is 1.86. The van der Waals surface area contributed by atoms with E-state index >= 15 is 0 Å². The van der Waals surface area contributed by atoms with Crippen molar-refractivity contribution in [1.82, 2.24) is 16.0 Å². The van der Waals surface area contributed by atoms with E-state index in [-0.39, 0.29) is 13.0 Å². The predicted octanol–water partition coefficient (Wildman–Crippen LogP) is 1.53. The number of nitrogens with zero attached hydrogens (tertiary/aromatic N) is 1. The van der Waals surface area contributed by atoms with Crippen molar-refractivity contribution >= 4 is 11.7 Å². The van der Waals surface area contributed by atoms with Gasteiger partial charge in [-0.3, -0.25) is 9.80 Å². The maximum Gasteiger partial charge on any atom is 0.305 e. The smallest absolute Gasteiger partial charge is 0.305 e. The van der Waals surface area contributed by atoms with E-state index in [1.54, 1.807) is 0 Å². The van der Waals surface area contributed by atoms with Crippen molar-refractivity contribution in [2.75, 3.05) is 19.8 Å². The van der Waals surface area contributed by atoms with Gasteiger partial charge in [0, 0.05) is 11.8 Å². The van der Waals surface area contributed by atoms with Crippen LogP contribution in [0.3, 0.4) is 0 Å². The van der Waals surface area contributed by atoms with E-state index in [1.807, 2.05) is 35.5 Å². The van der Waals surface area contributed by atoms with Crippen molar-refractivity contribution in [2.24, 2.45) is 0 Å². The van der Waals surface area contributed by atoms with Gasteiger partial charge < -0.3 is 15.3 Å². The summed E-state index contributed by atoms with van der Waals surface area (Å²) in [5, 5.41) is 10.4. The molecule has 0 aromatic heterocycles. The first-order chi connectivity index (χ1) is 10.7. The molecular weight excluding hydrogens is 282 g/mol. The number of carboxylic acids is 1. The lowest BCUT2D eigenvalue weighted by molar-refractivity contribution is -0.138. The summed E-state index contributed by atoms with van der Waals surface area (Å²) < 4.78 is 5.32. The number of nitrogens with one attached hydrogen (secondary N) is 2. The van der Waals surface area contributed by atoms with Crippen molar-refractivity contribution in [1.29, 1.82) is 0 Å². The van der Waals surface area contributed by atoms with Gasteiger partial charge in [0.1, 0.15) is 0 Å². The first-order valence-corrected chi connectivity index (χ1v) is 7.19. The Morgan fingerprint density at radius 3 is 3.05 bits per heavy atom. The van der Waals surface area contributed by atoms with Crippen molar-refractivity contribution < 1.29 is 14.6 Å². The molecule has 0 bridgehead atoms. The molecule has 0 saturated carbocycles. The van der Waals surface area contributed by atoms with Gasteiger partial charge in [-0.05, 0) is 18.1 Å². The molecule has 6 nitrogen and oxygen atoms in total. The van der Waals surface area contributed by atoms with Gasteiger partial charge in [0.15, 0.2) is 0 Å². The molecule has 1 aliphatic heterocycles. The predicted molar refractivity (Wildman–Crippen MR) is 84.4 cm³/mol. The monoisotopic (exact) mass is 303 g/mol. The summed E-state index contributed by atoms with van der Waals surface area (Å²) in [5.74, 6) is -0.835. The normalized spacial score (nSPS) is 13.6. The fraction of sp³-hybridized carbons (Fsp3) is 0.312. The van der Waals surface area contributed by atoms with E-state index in [1.165, 1.54) is 0 Å². The van der Waals surface area contributed by atoms with Gasteiger partial charge in [-0.25, -0.2) is 0 Å². The minimum absolute atomic E-state index is 0.0433. The van der Waals surface area contributed by atoms with E-state index in [9.17, 15) is 4.79 Å². The van der Waals surface area contributed by atoms with Crippen LogP contribution in [-0.2, 0) is 16.0 Å². The Bertz CT molecular complexity index is 557. The Morgan fingerprint density at radius 2 is 2.27 bits per heavy atom. The van der Waals surface area contributed by atoms with Crippen LogP contribution in [0, 0.1) is 0 Å². The van der Waals surface area contributed by atoms with Crippen LogP contribution in [0.25, 0.3) is 5.70 Å². The van der Waals surface area contributed by atoms with E-state index in [4.69, 9.17) is 9.84 Å². The molecule has 0 amide bonds. The standard InChI is InChI=1S/C16H21N3O3/c1-2-8-19-12-15(17-18-19)14-5-3-4-13(11-14)6-9-22-10-7-16(20)21/h2-5,11-12,17-18H,1,6-10H2,(H,20,21). The van der Waals surface area contributed by atoms with Crippen LogP contribution in [0.15, 0.2) is 43.1 Å². The molecule has 1 aliphatic rings. The number of carbonyl (C=O) groups is 1. The average Bonchev–Trinajstić information content (AvgIpc) is 2.96. The lowest BCUT2D eigenvalue weighted by Gasteiger charge is -2.11. The first-order valence-electron chi connectivity index (χ1n) is 7.19. The first kappa shape index (κ1) is 16.1. The van der Waals surface area contributed by atoms with Gasteiger partial charge in [-0.2, -0.15) is 0 Å². The molecule has 6 heteroatoms. The van der Waals surface area contributed by atoms with Crippen LogP contribution < -0.4 is 11.0 Å². The van der Waals surface area contributed by atoms with Crippen LogP contribution in [0.4, 0.5) is 0 Å². The van der Waals surface area contributed by atoms with Crippen molar-refractivity contribution in [3.63, 3.8) is 0 Å². The van der Waals surface area contributed by atoms with E-state index in [2.05, 4.69) is 23.6 Å². The number of aliphatic carboxylic acids is 1. The van der Waals surface area contributed by atoms with Crippen LogP contribution in [-0.4, -0.2) is 35.8 Å². The molecule has 22 heavy (non-hydrogen) atoms. The van der Waals surface area contributed by atoms with Crippen molar-refractivity contribution in [3.8, 4) is 0 Å². The molecular formula is C16H21N3O3. The van der Waals surface area contributed by atoms with E-state index in [0.717, 1.165) is 23.2 Å². The number of hydrazine groups is 2. The highest BCUT2D eigenvalue weighted by Crippen LogP contribution is 2.16. The molecule has 0 atom stereocenters. The fourth-order valence-corrected chi connectivity index (χ4v) is 2.08. The fourth-order valence-electron chi connectivity index (χ4n) is 2.08. The summed E-state index contributed by atoms with van der Waals surface area (Å²) in [4.78, 5) is 10.4. The lowest BCUT2D eigenvalue weighted by atomic mass is 10.1. The minimum atomic E-state index is -0.835. The topological polar surface area (TPSA) is 73.8 Å². The number of benzene rings is 1. The van der Waals surface area contributed by atoms with Gasteiger partial charge in [0.05, 0.1) is 31.9 Å². The number of ether oxygens (including phenoxy) is 1. The Labute approximate surface area is 130 Å².